The summed E-state index contributed by atoms with van der Waals surface area (Å²) in [6.45, 7) is 6.28. The zero-order valence-corrected chi connectivity index (χ0v) is 23.4. The van der Waals surface area contributed by atoms with Crippen molar-refractivity contribution in [3.05, 3.63) is 65.2 Å². The number of guanidine groups is 1. The monoisotopic (exact) mass is 563 g/mol. The van der Waals surface area contributed by atoms with Crippen LogP contribution >= 0.6 is 12.2 Å². The van der Waals surface area contributed by atoms with E-state index in [1.807, 2.05) is 24.8 Å². The fraction of sp³-hybridized carbons (Fsp3) is 0.308. The summed E-state index contributed by atoms with van der Waals surface area (Å²) in [5.41, 5.74) is 2.28. The molecular weight excluding hydrogens is 534 g/mol. The first kappa shape index (κ1) is 28.3. The topological polar surface area (TPSA) is 147 Å². The lowest BCUT2D eigenvalue weighted by Gasteiger charge is -2.36. The molecule has 0 radical (unpaired) electrons. The second kappa shape index (κ2) is 12.9. The van der Waals surface area contributed by atoms with Crippen molar-refractivity contribution < 1.29 is 19.1 Å². The van der Waals surface area contributed by atoms with Gasteiger partial charge in [0.1, 0.15) is 0 Å². The van der Waals surface area contributed by atoms with Crippen LogP contribution in [-0.4, -0.2) is 88.2 Å². The minimum Gasteiger partial charge on any atom is -0.465 e. The highest BCUT2D eigenvalue weighted by molar-refractivity contribution is 7.80. The number of piperazine rings is 1. The van der Waals surface area contributed by atoms with E-state index >= 15 is 0 Å². The highest BCUT2D eigenvalue weighted by Crippen LogP contribution is 2.18. The van der Waals surface area contributed by atoms with E-state index in [0.29, 0.717) is 49.7 Å². The van der Waals surface area contributed by atoms with Gasteiger partial charge in [-0.15, -0.1) is 0 Å². The van der Waals surface area contributed by atoms with Crippen LogP contribution in [0.3, 0.4) is 0 Å². The summed E-state index contributed by atoms with van der Waals surface area (Å²) in [6.07, 6.45) is 3.43. The summed E-state index contributed by atoms with van der Waals surface area (Å²) >= 11 is 5.55. The summed E-state index contributed by atoms with van der Waals surface area (Å²) < 4.78 is 9.62. The number of nitrogens with one attached hydrogen (secondary N) is 2. The van der Waals surface area contributed by atoms with Crippen molar-refractivity contribution in [2.45, 2.75) is 13.8 Å². The number of aryl methyl sites for hydroxylation is 2. The van der Waals surface area contributed by atoms with E-state index in [1.165, 1.54) is 32.4 Å². The van der Waals surface area contributed by atoms with Crippen LogP contribution in [0.25, 0.3) is 0 Å². The van der Waals surface area contributed by atoms with Gasteiger partial charge in [0.2, 0.25) is 23.0 Å². The molecule has 1 aliphatic heterocycles. The van der Waals surface area contributed by atoms with Crippen molar-refractivity contribution in [3.8, 4) is 0 Å². The number of esters is 2. The third-order valence-electron chi connectivity index (χ3n) is 5.85. The molecular formula is C26H29N9O4S. The first-order valence-corrected chi connectivity index (χ1v) is 12.7. The molecule has 208 valence electrons. The highest BCUT2D eigenvalue weighted by atomic mass is 32.1. The summed E-state index contributed by atoms with van der Waals surface area (Å²) in [5.74, 6) is 0.257. The molecule has 0 amide bonds. The minimum absolute atomic E-state index is 0.0820. The Balaban J connectivity index is 1.59. The molecule has 0 aliphatic carbocycles. The van der Waals surface area contributed by atoms with Gasteiger partial charge in [0.25, 0.3) is 0 Å². The molecule has 1 aliphatic rings. The van der Waals surface area contributed by atoms with E-state index in [4.69, 9.17) is 21.7 Å². The maximum atomic E-state index is 12.2. The Morgan fingerprint density at radius 2 is 1.45 bits per heavy atom. The summed E-state index contributed by atoms with van der Waals surface area (Å²) in [5, 5.41) is 6.27. The number of aromatic nitrogens is 4. The van der Waals surface area contributed by atoms with Crippen molar-refractivity contribution >= 4 is 52.8 Å². The highest BCUT2D eigenvalue weighted by Gasteiger charge is 2.23. The van der Waals surface area contributed by atoms with Gasteiger partial charge < -0.3 is 24.6 Å². The summed E-state index contributed by atoms with van der Waals surface area (Å²) in [4.78, 5) is 50.7. The van der Waals surface area contributed by atoms with Crippen molar-refractivity contribution in [2.75, 3.05) is 55.9 Å². The van der Waals surface area contributed by atoms with Crippen LogP contribution in [0, 0.1) is 13.8 Å². The SMILES string of the molecule is COC(=O)c1cc(NC(=S)/N=C(/Nc2nc(C)cc(C)n2)N2CCN(c3ncccn3)CC2)cc(C(=O)OC)c1. The molecule has 3 aromatic rings. The summed E-state index contributed by atoms with van der Waals surface area (Å²) in [7, 11) is 2.51. The summed E-state index contributed by atoms with van der Waals surface area (Å²) in [6, 6.07) is 8.06. The molecule has 1 aromatic carbocycles. The van der Waals surface area contributed by atoms with Gasteiger partial charge in [0.05, 0.1) is 25.3 Å². The van der Waals surface area contributed by atoms with E-state index in [9.17, 15) is 9.59 Å². The lowest BCUT2D eigenvalue weighted by atomic mass is 10.1. The molecule has 40 heavy (non-hydrogen) atoms. The number of ether oxygens (including phenoxy) is 2. The average Bonchev–Trinajstić information content (AvgIpc) is 2.95. The molecule has 4 rings (SSSR count). The van der Waals surface area contributed by atoms with E-state index in [1.54, 1.807) is 18.5 Å². The van der Waals surface area contributed by atoms with Gasteiger partial charge in [-0.2, -0.15) is 4.99 Å². The number of thiocarbonyl (C=S) groups is 1. The lowest BCUT2D eigenvalue weighted by Crippen LogP contribution is -2.51. The van der Waals surface area contributed by atoms with E-state index < -0.39 is 11.9 Å². The van der Waals surface area contributed by atoms with Gasteiger partial charge >= 0.3 is 11.9 Å². The Hall–Kier alpha value is -4.72. The van der Waals surface area contributed by atoms with Gasteiger partial charge in [-0.05, 0) is 56.4 Å². The van der Waals surface area contributed by atoms with Crippen LogP contribution in [0.1, 0.15) is 32.1 Å². The zero-order chi connectivity index (χ0) is 28.6. The predicted octanol–water partition coefficient (Wildman–Crippen LogP) is 2.44. The number of rotatable bonds is 5. The maximum Gasteiger partial charge on any atom is 0.337 e. The van der Waals surface area contributed by atoms with E-state index in [2.05, 4.69) is 40.5 Å². The van der Waals surface area contributed by atoms with Crippen molar-refractivity contribution in [3.63, 3.8) is 0 Å². The molecule has 0 bridgehead atoms. The average molecular weight is 564 g/mol. The zero-order valence-electron chi connectivity index (χ0n) is 22.5. The van der Waals surface area contributed by atoms with Crippen LogP contribution in [0.2, 0.25) is 0 Å². The number of methoxy groups -OCH3 is 2. The number of carbonyl (C=O) groups excluding carboxylic acids is 2. The first-order chi connectivity index (χ1) is 19.2. The van der Waals surface area contributed by atoms with Crippen LogP contribution in [-0.2, 0) is 9.47 Å². The smallest absolute Gasteiger partial charge is 0.337 e. The quantitative estimate of drug-likeness (QED) is 0.203. The van der Waals surface area contributed by atoms with Crippen LogP contribution < -0.4 is 15.5 Å². The van der Waals surface area contributed by atoms with Gasteiger partial charge in [0, 0.05) is 55.6 Å². The van der Waals surface area contributed by atoms with E-state index in [-0.39, 0.29) is 16.2 Å². The van der Waals surface area contributed by atoms with E-state index in [0.717, 1.165) is 11.4 Å². The fourth-order valence-electron chi connectivity index (χ4n) is 4.05. The molecule has 2 aromatic heterocycles. The minimum atomic E-state index is -0.613. The lowest BCUT2D eigenvalue weighted by molar-refractivity contribution is 0.0599. The molecule has 1 saturated heterocycles. The number of hydrogen-bond acceptors (Lipinski definition) is 10. The van der Waals surface area contributed by atoms with Gasteiger partial charge in [0.15, 0.2) is 0 Å². The molecule has 0 saturated carbocycles. The predicted molar refractivity (Wildman–Crippen MR) is 154 cm³/mol. The van der Waals surface area contributed by atoms with Crippen molar-refractivity contribution in [2.24, 2.45) is 4.99 Å². The first-order valence-electron chi connectivity index (χ1n) is 12.3. The van der Waals surface area contributed by atoms with Gasteiger partial charge in [-0.25, -0.2) is 29.5 Å². The fourth-order valence-corrected chi connectivity index (χ4v) is 4.26. The normalized spacial score (nSPS) is 13.4. The Morgan fingerprint density at radius 3 is 2.00 bits per heavy atom. The molecule has 2 N–H and O–H groups in total. The molecule has 14 heteroatoms. The van der Waals surface area contributed by atoms with Crippen molar-refractivity contribution in [1.82, 2.24) is 24.8 Å². The third kappa shape index (κ3) is 7.22. The Bertz CT molecular complexity index is 1370. The Morgan fingerprint density at radius 1 is 0.875 bits per heavy atom. The Labute approximate surface area is 236 Å². The third-order valence-corrected chi connectivity index (χ3v) is 6.05. The molecule has 13 nitrogen and oxygen atoms in total. The standard InChI is InChI=1S/C26H29N9O4S/c1-16-12-17(2)30-23(29-16)32-25(35-10-8-34(9-11-35)24-27-6-5-7-28-24)33-26(40)31-20-14-18(21(36)38-3)13-19(15-20)22(37)39-4/h5-7,12-15H,8-11H2,1-4H3,(H2,29,30,31,32,33,40). The molecule has 3 heterocycles. The number of hydrogen-bond donors (Lipinski definition) is 2. The van der Waals surface area contributed by atoms with Crippen LogP contribution in [0.4, 0.5) is 17.6 Å². The molecule has 0 spiro atoms. The Kier molecular flexibility index (Phi) is 9.11. The second-order valence-corrected chi connectivity index (χ2v) is 9.16. The van der Waals surface area contributed by atoms with Crippen molar-refractivity contribution in [1.29, 1.82) is 0 Å². The van der Waals surface area contributed by atoms with Gasteiger partial charge in [-0.1, -0.05) is 0 Å². The largest absolute Gasteiger partial charge is 0.465 e. The number of anilines is 3. The molecule has 0 atom stereocenters. The number of nitrogens with zero attached hydrogens (tertiary/aromatic N) is 7. The molecule has 0 unspecified atom stereocenters. The number of carbonyl (C=O) groups is 2. The van der Waals surface area contributed by atoms with Crippen LogP contribution in [0.5, 0.6) is 0 Å². The maximum absolute atomic E-state index is 12.2. The number of benzene rings is 1. The van der Waals surface area contributed by atoms with Crippen LogP contribution in [0.15, 0.2) is 47.7 Å². The van der Waals surface area contributed by atoms with Gasteiger partial charge in [-0.3, -0.25) is 5.32 Å². The molecule has 1 fully saturated rings. The second-order valence-electron chi connectivity index (χ2n) is 8.77. The number of aliphatic imine (C=N–C) groups is 1.